The van der Waals surface area contributed by atoms with Gasteiger partial charge in [0.25, 0.3) is 0 Å². The van der Waals surface area contributed by atoms with Gasteiger partial charge in [-0.3, -0.25) is 0 Å². The van der Waals surface area contributed by atoms with Crippen LogP contribution in [-0.4, -0.2) is 0 Å². The Balaban J connectivity index is 0. The van der Waals surface area contributed by atoms with Crippen molar-refractivity contribution in [2.24, 2.45) is 0 Å². The van der Waals surface area contributed by atoms with Crippen LogP contribution in [0.1, 0.15) is 52.0 Å². The summed E-state index contributed by atoms with van der Waals surface area (Å²) >= 11 is 0. The standard InChI is InChI=1S/7CH4.Zn/h7*1H4;/q;;;;;;;+2. The van der Waals surface area contributed by atoms with E-state index in [2.05, 4.69) is 0 Å². The Labute approximate surface area is 71.8 Å². The van der Waals surface area contributed by atoms with Crippen molar-refractivity contribution in [2.75, 3.05) is 0 Å². The Hall–Kier alpha value is 0.623. The smallest absolute Gasteiger partial charge is 0.0776 e. The van der Waals surface area contributed by atoms with Crippen LogP contribution in [0.2, 0.25) is 0 Å². The van der Waals surface area contributed by atoms with Gasteiger partial charge in [-0.15, -0.1) is 0 Å². The third-order valence-corrected chi connectivity index (χ3v) is 0. The molecular weight excluding hydrogens is 149 g/mol. The van der Waals surface area contributed by atoms with Crippen LogP contribution in [0.15, 0.2) is 0 Å². The minimum Gasteiger partial charge on any atom is -0.0776 e. The zero-order valence-electron chi connectivity index (χ0n) is 0.707. The van der Waals surface area contributed by atoms with E-state index >= 15 is 0 Å². The van der Waals surface area contributed by atoms with Gasteiger partial charge < -0.3 is 0 Å². The van der Waals surface area contributed by atoms with Gasteiger partial charge in [0.15, 0.2) is 0 Å². The Morgan fingerprint density at radius 2 is 0.250 bits per heavy atom. The largest absolute Gasteiger partial charge is 2.00 e. The van der Waals surface area contributed by atoms with E-state index in [4.69, 9.17) is 0 Å². The second-order valence-electron chi connectivity index (χ2n) is 0. The van der Waals surface area contributed by atoms with Gasteiger partial charge >= 0.3 is 19.5 Å². The first kappa shape index (κ1) is 1290. The third kappa shape index (κ3) is 539. The Bertz CT molecular complexity index is 4.35. The summed E-state index contributed by atoms with van der Waals surface area (Å²) in [6.07, 6.45) is 0. The van der Waals surface area contributed by atoms with Crippen LogP contribution in [0.5, 0.6) is 0 Å². The molecule has 0 aromatic rings. The van der Waals surface area contributed by atoms with Crippen LogP contribution in [0.4, 0.5) is 0 Å². The van der Waals surface area contributed by atoms with E-state index in [-0.39, 0.29) is 71.5 Å². The summed E-state index contributed by atoms with van der Waals surface area (Å²) in [5.41, 5.74) is 0. The second kappa shape index (κ2) is 861. The van der Waals surface area contributed by atoms with Crippen LogP contribution < -0.4 is 0 Å². The van der Waals surface area contributed by atoms with Crippen LogP contribution in [-0.2, 0) is 19.5 Å². The van der Waals surface area contributed by atoms with Gasteiger partial charge in [0, 0.05) is 0 Å². The van der Waals surface area contributed by atoms with Crippen LogP contribution in [0.3, 0.4) is 0 Å². The van der Waals surface area contributed by atoms with Crippen LogP contribution in [0.25, 0.3) is 0 Å². The molecular formula is C7H28Zn+2. The fourth-order valence-electron chi connectivity index (χ4n) is 0. The van der Waals surface area contributed by atoms with E-state index < -0.39 is 0 Å². The molecule has 0 fully saturated rings. The molecule has 0 bridgehead atoms. The molecule has 0 nitrogen and oxygen atoms in total. The summed E-state index contributed by atoms with van der Waals surface area (Å²) < 4.78 is 0. The third-order valence-electron chi connectivity index (χ3n) is 0. The summed E-state index contributed by atoms with van der Waals surface area (Å²) in [7, 11) is 0. The Morgan fingerprint density at radius 1 is 0.250 bits per heavy atom. The molecule has 0 saturated heterocycles. The number of hydrogen-bond acceptors (Lipinski definition) is 0. The van der Waals surface area contributed by atoms with Gasteiger partial charge in [0.1, 0.15) is 0 Å². The summed E-state index contributed by atoms with van der Waals surface area (Å²) in [6, 6.07) is 0. The predicted octanol–water partition coefficient (Wildman–Crippen LogP) is 4.45. The first-order valence-corrected chi connectivity index (χ1v) is 0. The van der Waals surface area contributed by atoms with Gasteiger partial charge in [-0.25, -0.2) is 0 Å². The summed E-state index contributed by atoms with van der Waals surface area (Å²) in [6.45, 7) is 0. The molecule has 0 aliphatic rings. The molecule has 8 heavy (non-hydrogen) atoms. The quantitative estimate of drug-likeness (QED) is 0.480. The molecule has 1 heteroatoms. The summed E-state index contributed by atoms with van der Waals surface area (Å²) in [5.74, 6) is 0. The second-order valence-corrected chi connectivity index (χ2v) is 0. The van der Waals surface area contributed by atoms with Crippen molar-refractivity contribution in [3.63, 3.8) is 0 Å². The van der Waals surface area contributed by atoms with Crippen molar-refractivity contribution in [1.82, 2.24) is 0 Å². The van der Waals surface area contributed by atoms with Crippen molar-refractivity contribution >= 4 is 0 Å². The maximum Gasteiger partial charge on any atom is 2.00 e. The monoisotopic (exact) mass is 176 g/mol. The molecule has 56 valence electrons. The molecule has 0 aliphatic carbocycles. The first-order chi connectivity index (χ1) is 0. The number of hydrogen-bond donors (Lipinski definition) is 0. The van der Waals surface area contributed by atoms with E-state index in [1.807, 2.05) is 0 Å². The first-order valence-electron chi connectivity index (χ1n) is 0. The fraction of sp³-hybridized carbons (Fsp3) is 1.00. The Morgan fingerprint density at radius 3 is 0.250 bits per heavy atom. The summed E-state index contributed by atoms with van der Waals surface area (Å²) in [5, 5.41) is 0. The molecule has 0 N–H and O–H groups in total. The fourth-order valence-corrected chi connectivity index (χ4v) is 0. The molecule has 0 unspecified atom stereocenters. The van der Waals surface area contributed by atoms with Gasteiger partial charge in [-0.2, -0.15) is 0 Å². The predicted molar refractivity (Wildman–Crippen MR) is 47.1 cm³/mol. The van der Waals surface area contributed by atoms with Gasteiger partial charge in [-0.05, 0) is 0 Å². The van der Waals surface area contributed by atoms with Crippen LogP contribution in [0, 0.1) is 0 Å². The molecule has 0 atom stereocenters. The van der Waals surface area contributed by atoms with E-state index in [0.717, 1.165) is 0 Å². The molecule has 0 aliphatic heterocycles. The topological polar surface area (TPSA) is 0 Å². The van der Waals surface area contributed by atoms with Crippen molar-refractivity contribution in [2.45, 2.75) is 52.0 Å². The van der Waals surface area contributed by atoms with E-state index in [1.54, 1.807) is 0 Å². The van der Waals surface area contributed by atoms with Gasteiger partial charge in [0.05, 0.1) is 0 Å². The molecule has 0 saturated carbocycles. The molecule has 0 amide bonds. The zero-order valence-corrected chi connectivity index (χ0v) is 3.67. The average molecular weight is 178 g/mol. The molecule has 0 heterocycles. The van der Waals surface area contributed by atoms with Crippen LogP contribution >= 0.6 is 0 Å². The zero-order chi connectivity index (χ0) is 0. The molecule has 0 spiro atoms. The average Bonchev–Trinajstić information content (AvgIpc) is 0. The van der Waals surface area contributed by atoms with E-state index in [1.165, 1.54) is 0 Å². The SMILES string of the molecule is C.C.C.C.C.C.C.[Zn+2]. The van der Waals surface area contributed by atoms with Gasteiger partial charge in [0.2, 0.25) is 0 Å². The maximum atomic E-state index is 0. The normalized spacial score (nSPS) is 0. The molecule has 0 aromatic carbocycles. The van der Waals surface area contributed by atoms with E-state index in [0.29, 0.717) is 0 Å². The van der Waals surface area contributed by atoms with Gasteiger partial charge in [-0.1, -0.05) is 52.0 Å². The summed E-state index contributed by atoms with van der Waals surface area (Å²) in [4.78, 5) is 0. The molecule has 0 aromatic heterocycles. The van der Waals surface area contributed by atoms with Crippen molar-refractivity contribution < 1.29 is 19.5 Å². The van der Waals surface area contributed by atoms with Crippen molar-refractivity contribution in [1.29, 1.82) is 0 Å². The van der Waals surface area contributed by atoms with E-state index in [9.17, 15) is 0 Å². The Kier molecular flexibility index (Phi) is 139000. The maximum absolute atomic E-state index is 0. The van der Waals surface area contributed by atoms with Crippen molar-refractivity contribution in [3.8, 4) is 0 Å². The van der Waals surface area contributed by atoms with Crippen molar-refractivity contribution in [3.05, 3.63) is 0 Å². The minimum atomic E-state index is 0. The number of rotatable bonds is 0. The molecule has 0 radical (unpaired) electrons. The minimum absolute atomic E-state index is 0. The molecule has 0 rings (SSSR count).